The summed E-state index contributed by atoms with van der Waals surface area (Å²) in [5.74, 6) is 0. The summed E-state index contributed by atoms with van der Waals surface area (Å²) in [7, 11) is -3.57. The summed E-state index contributed by atoms with van der Waals surface area (Å²) in [5, 5.41) is 0. The van der Waals surface area contributed by atoms with E-state index in [1.54, 1.807) is 12.1 Å². The molecule has 1 aliphatic heterocycles. The number of hydrogen-bond donors (Lipinski definition) is 2. The second kappa shape index (κ2) is 6.21. The van der Waals surface area contributed by atoms with Gasteiger partial charge in [-0.15, -0.1) is 0 Å². The minimum Gasteiger partial charge on any atom is -0.399 e. The Morgan fingerprint density at radius 1 is 1.42 bits per heavy atom. The van der Waals surface area contributed by atoms with Crippen molar-refractivity contribution < 1.29 is 13.2 Å². The molecular formula is C12H17BrN2O3S. The van der Waals surface area contributed by atoms with Crippen molar-refractivity contribution in [2.24, 2.45) is 0 Å². The van der Waals surface area contributed by atoms with Crippen molar-refractivity contribution >= 4 is 31.6 Å². The first-order valence-electron chi connectivity index (χ1n) is 6.15. The van der Waals surface area contributed by atoms with Crippen LogP contribution in [-0.4, -0.2) is 27.7 Å². The Balaban J connectivity index is 2.07. The smallest absolute Gasteiger partial charge is 0.241 e. The number of benzene rings is 1. The predicted octanol–water partition coefficient (Wildman–Crippen LogP) is 1.88. The average molecular weight is 349 g/mol. The van der Waals surface area contributed by atoms with E-state index in [0.29, 0.717) is 23.3 Å². The van der Waals surface area contributed by atoms with E-state index in [9.17, 15) is 8.42 Å². The minimum atomic E-state index is -3.57. The summed E-state index contributed by atoms with van der Waals surface area (Å²) >= 11 is 3.23. The molecule has 3 N–H and O–H groups in total. The van der Waals surface area contributed by atoms with Crippen LogP contribution in [0.15, 0.2) is 27.6 Å². The molecule has 5 nitrogen and oxygen atoms in total. The summed E-state index contributed by atoms with van der Waals surface area (Å²) in [6.07, 6.45) is 2.97. The van der Waals surface area contributed by atoms with E-state index in [0.717, 1.165) is 19.3 Å². The fraction of sp³-hybridized carbons (Fsp3) is 0.500. The quantitative estimate of drug-likeness (QED) is 0.814. The van der Waals surface area contributed by atoms with Crippen LogP contribution in [-0.2, 0) is 14.8 Å². The van der Waals surface area contributed by atoms with E-state index >= 15 is 0 Å². The zero-order valence-corrected chi connectivity index (χ0v) is 12.8. The number of anilines is 1. The van der Waals surface area contributed by atoms with Crippen molar-refractivity contribution in [3.05, 3.63) is 22.7 Å². The SMILES string of the molecule is Nc1ccc(Br)c(S(=O)(=O)NCC2CCCCO2)c1. The Hall–Kier alpha value is -0.630. The van der Waals surface area contributed by atoms with Crippen LogP contribution in [0.1, 0.15) is 19.3 Å². The highest BCUT2D eigenvalue weighted by Gasteiger charge is 2.21. The third-order valence-corrected chi connectivity index (χ3v) is 5.44. The lowest BCUT2D eigenvalue weighted by atomic mass is 10.1. The maximum Gasteiger partial charge on any atom is 0.241 e. The van der Waals surface area contributed by atoms with E-state index in [1.165, 1.54) is 6.07 Å². The van der Waals surface area contributed by atoms with E-state index in [1.807, 2.05) is 0 Å². The molecule has 19 heavy (non-hydrogen) atoms. The molecule has 0 aliphatic carbocycles. The van der Waals surface area contributed by atoms with Gasteiger partial charge in [0.1, 0.15) is 0 Å². The number of hydrogen-bond acceptors (Lipinski definition) is 4. The molecule has 0 bridgehead atoms. The first-order chi connectivity index (χ1) is 8.99. The lowest BCUT2D eigenvalue weighted by Crippen LogP contribution is -2.35. The van der Waals surface area contributed by atoms with Crippen molar-refractivity contribution in [3.63, 3.8) is 0 Å². The predicted molar refractivity (Wildman–Crippen MR) is 77.3 cm³/mol. The van der Waals surface area contributed by atoms with Gasteiger partial charge < -0.3 is 10.5 Å². The van der Waals surface area contributed by atoms with Gasteiger partial charge in [0.2, 0.25) is 10.0 Å². The number of rotatable bonds is 4. The summed E-state index contributed by atoms with van der Waals surface area (Å²) < 4.78 is 33.0. The van der Waals surface area contributed by atoms with Gasteiger partial charge in [-0.25, -0.2) is 13.1 Å². The maximum absolute atomic E-state index is 12.2. The molecule has 0 aromatic heterocycles. The van der Waals surface area contributed by atoms with Crippen molar-refractivity contribution in [2.75, 3.05) is 18.9 Å². The first-order valence-corrected chi connectivity index (χ1v) is 8.43. The van der Waals surface area contributed by atoms with Gasteiger partial charge in [-0.2, -0.15) is 0 Å². The lowest BCUT2D eigenvalue weighted by Gasteiger charge is -2.22. The molecular weight excluding hydrogens is 332 g/mol. The molecule has 1 fully saturated rings. The summed E-state index contributed by atoms with van der Waals surface area (Å²) in [4.78, 5) is 0.156. The van der Waals surface area contributed by atoms with E-state index in [-0.39, 0.29) is 11.0 Å². The fourth-order valence-corrected chi connectivity index (χ4v) is 4.04. The number of ether oxygens (including phenoxy) is 1. The molecule has 0 spiro atoms. The van der Waals surface area contributed by atoms with Crippen LogP contribution in [0.4, 0.5) is 5.69 Å². The average Bonchev–Trinajstić information content (AvgIpc) is 2.40. The van der Waals surface area contributed by atoms with Crippen LogP contribution in [0.2, 0.25) is 0 Å². The van der Waals surface area contributed by atoms with Crippen molar-refractivity contribution in [3.8, 4) is 0 Å². The molecule has 1 atom stereocenters. The number of sulfonamides is 1. The normalized spacial score (nSPS) is 20.4. The summed E-state index contributed by atoms with van der Waals surface area (Å²) in [6.45, 7) is 0.998. The molecule has 106 valence electrons. The third-order valence-electron chi connectivity index (χ3n) is 3.02. The maximum atomic E-state index is 12.2. The molecule has 1 heterocycles. The molecule has 0 amide bonds. The van der Waals surface area contributed by atoms with Gasteiger partial charge in [0, 0.05) is 23.3 Å². The van der Waals surface area contributed by atoms with Crippen LogP contribution in [0, 0.1) is 0 Å². The standard InChI is InChI=1S/C12H17BrN2O3S/c13-11-5-4-9(14)7-12(11)19(16,17)15-8-10-3-1-2-6-18-10/h4-5,7,10,15H,1-3,6,8,14H2. The first kappa shape index (κ1) is 14.8. The largest absolute Gasteiger partial charge is 0.399 e. The van der Waals surface area contributed by atoms with Gasteiger partial charge in [0.25, 0.3) is 0 Å². The highest BCUT2D eigenvalue weighted by Crippen LogP contribution is 2.24. The monoisotopic (exact) mass is 348 g/mol. The van der Waals surface area contributed by atoms with Crippen LogP contribution in [0.25, 0.3) is 0 Å². The Labute approximate surface area is 121 Å². The highest BCUT2D eigenvalue weighted by molar-refractivity contribution is 9.10. The van der Waals surface area contributed by atoms with Gasteiger partial charge in [-0.1, -0.05) is 0 Å². The second-order valence-corrected chi connectivity index (χ2v) is 7.12. The van der Waals surface area contributed by atoms with Crippen molar-refractivity contribution in [1.29, 1.82) is 0 Å². The van der Waals surface area contributed by atoms with Crippen LogP contribution < -0.4 is 10.5 Å². The van der Waals surface area contributed by atoms with Gasteiger partial charge in [0.15, 0.2) is 0 Å². The number of nitrogens with one attached hydrogen (secondary N) is 1. The van der Waals surface area contributed by atoms with Crippen LogP contribution in [0.5, 0.6) is 0 Å². The zero-order chi connectivity index (χ0) is 13.9. The highest BCUT2D eigenvalue weighted by atomic mass is 79.9. The fourth-order valence-electron chi connectivity index (χ4n) is 1.97. The Bertz CT molecular complexity index is 542. The molecule has 1 aromatic carbocycles. The second-order valence-electron chi connectivity index (χ2n) is 4.53. The molecule has 0 saturated carbocycles. The van der Waals surface area contributed by atoms with E-state index in [4.69, 9.17) is 10.5 Å². The van der Waals surface area contributed by atoms with E-state index in [2.05, 4.69) is 20.7 Å². The van der Waals surface area contributed by atoms with Gasteiger partial charge in [-0.05, 0) is 53.4 Å². The number of halogens is 1. The minimum absolute atomic E-state index is 0.0386. The summed E-state index contributed by atoms with van der Waals surface area (Å²) in [5.41, 5.74) is 6.04. The van der Waals surface area contributed by atoms with E-state index < -0.39 is 10.0 Å². The molecule has 2 rings (SSSR count). The molecule has 0 radical (unpaired) electrons. The lowest BCUT2D eigenvalue weighted by molar-refractivity contribution is 0.0200. The summed E-state index contributed by atoms with van der Waals surface area (Å²) in [6, 6.07) is 4.71. The number of nitrogen functional groups attached to an aromatic ring is 1. The molecule has 1 aromatic rings. The molecule has 1 aliphatic rings. The number of nitrogens with two attached hydrogens (primary N) is 1. The molecule has 1 saturated heterocycles. The van der Waals surface area contributed by atoms with Crippen LogP contribution >= 0.6 is 15.9 Å². The van der Waals surface area contributed by atoms with Crippen molar-refractivity contribution in [1.82, 2.24) is 4.72 Å². The Morgan fingerprint density at radius 2 is 2.21 bits per heavy atom. The van der Waals surface area contributed by atoms with Gasteiger partial charge in [0.05, 0.1) is 11.0 Å². The topological polar surface area (TPSA) is 81.4 Å². The Kier molecular flexibility index (Phi) is 4.83. The van der Waals surface area contributed by atoms with Gasteiger partial charge in [-0.3, -0.25) is 0 Å². The Morgan fingerprint density at radius 3 is 2.89 bits per heavy atom. The van der Waals surface area contributed by atoms with Crippen LogP contribution in [0.3, 0.4) is 0 Å². The molecule has 7 heteroatoms. The van der Waals surface area contributed by atoms with Crippen molar-refractivity contribution in [2.45, 2.75) is 30.3 Å². The third kappa shape index (κ3) is 3.92. The molecule has 1 unspecified atom stereocenters. The zero-order valence-electron chi connectivity index (χ0n) is 10.4. The van der Waals surface area contributed by atoms with Gasteiger partial charge >= 0.3 is 0 Å².